The van der Waals surface area contributed by atoms with Crippen LogP contribution in [-0.2, 0) is 10.0 Å². The molecular weight excluding hydrogens is 534 g/mol. The predicted octanol–water partition coefficient (Wildman–Crippen LogP) is 5.10. The summed E-state index contributed by atoms with van der Waals surface area (Å²) in [4.78, 5) is 18.4. The average Bonchev–Trinajstić information content (AvgIpc) is 3.41. The van der Waals surface area contributed by atoms with Crippen molar-refractivity contribution in [3.8, 4) is 11.5 Å². The number of piperazine rings is 1. The topological polar surface area (TPSA) is 79.4 Å². The molecule has 0 radical (unpaired) electrons. The van der Waals surface area contributed by atoms with E-state index in [1.54, 1.807) is 51.5 Å². The smallest absolute Gasteiger partial charge is 0.264 e. The normalized spacial score (nSPS) is 13.9. The molecular formula is C29H31N3O5S2. The minimum Gasteiger partial charge on any atom is -0.497 e. The third kappa shape index (κ3) is 5.39. The van der Waals surface area contributed by atoms with Crippen LogP contribution in [-0.4, -0.2) is 66.2 Å². The Balaban J connectivity index is 1.31. The summed E-state index contributed by atoms with van der Waals surface area (Å²) in [6, 6.07) is 21.7. The van der Waals surface area contributed by atoms with Gasteiger partial charge in [-0.3, -0.25) is 9.10 Å². The molecule has 1 fully saturated rings. The molecule has 4 aromatic rings. The van der Waals surface area contributed by atoms with Crippen LogP contribution in [0.5, 0.6) is 11.5 Å². The third-order valence-electron chi connectivity index (χ3n) is 6.94. The highest BCUT2D eigenvalue weighted by molar-refractivity contribution is 7.92. The highest BCUT2D eigenvalue weighted by atomic mass is 32.2. The molecule has 0 aliphatic carbocycles. The summed E-state index contributed by atoms with van der Waals surface area (Å²) in [5.41, 5.74) is 1.67. The van der Waals surface area contributed by atoms with Crippen LogP contribution in [0.4, 0.5) is 11.4 Å². The van der Waals surface area contributed by atoms with Crippen LogP contribution in [0, 0.1) is 0 Å². The van der Waals surface area contributed by atoms with E-state index in [-0.39, 0.29) is 17.3 Å². The lowest BCUT2D eigenvalue weighted by Gasteiger charge is -2.36. The first-order valence-corrected chi connectivity index (χ1v) is 15.0. The molecule has 3 aromatic carbocycles. The number of amides is 1. The minimum absolute atomic E-state index is 0.00494. The Morgan fingerprint density at radius 2 is 1.49 bits per heavy atom. The number of rotatable bonds is 8. The van der Waals surface area contributed by atoms with E-state index in [1.807, 2.05) is 47.4 Å². The van der Waals surface area contributed by atoms with Crippen molar-refractivity contribution in [3.63, 3.8) is 0 Å². The van der Waals surface area contributed by atoms with E-state index in [9.17, 15) is 13.2 Å². The van der Waals surface area contributed by atoms with Gasteiger partial charge in [0.05, 0.1) is 29.7 Å². The zero-order chi connectivity index (χ0) is 27.6. The van der Waals surface area contributed by atoms with Crippen molar-refractivity contribution in [1.29, 1.82) is 0 Å². The van der Waals surface area contributed by atoms with Crippen molar-refractivity contribution in [3.05, 3.63) is 77.7 Å². The Bertz CT molecular complexity index is 1560. The van der Waals surface area contributed by atoms with E-state index in [1.165, 1.54) is 15.6 Å². The Morgan fingerprint density at radius 3 is 2.08 bits per heavy atom. The van der Waals surface area contributed by atoms with E-state index < -0.39 is 10.0 Å². The van der Waals surface area contributed by atoms with E-state index in [0.29, 0.717) is 29.4 Å². The van der Waals surface area contributed by atoms with Gasteiger partial charge in [-0.05, 0) is 85.1 Å². The molecule has 0 spiro atoms. The number of hydrogen-bond acceptors (Lipinski definition) is 7. The second-order valence-corrected chi connectivity index (χ2v) is 12.1. The number of carbonyl (C=O) groups is 1. The maximum Gasteiger partial charge on any atom is 0.264 e. The number of ether oxygens (including phenoxy) is 2. The van der Waals surface area contributed by atoms with Gasteiger partial charge < -0.3 is 19.3 Å². The van der Waals surface area contributed by atoms with Crippen LogP contribution >= 0.6 is 11.3 Å². The molecule has 1 aromatic heterocycles. The fourth-order valence-corrected chi connectivity index (χ4v) is 7.25. The van der Waals surface area contributed by atoms with Gasteiger partial charge in [0.15, 0.2) is 0 Å². The molecule has 0 unspecified atom stereocenters. The summed E-state index contributed by atoms with van der Waals surface area (Å²) in [5.74, 6) is 1.42. The first-order chi connectivity index (χ1) is 18.8. The van der Waals surface area contributed by atoms with Crippen molar-refractivity contribution in [2.24, 2.45) is 0 Å². The van der Waals surface area contributed by atoms with E-state index in [2.05, 4.69) is 4.90 Å². The third-order valence-corrected chi connectivity index (χ3v) is 9.96. The standard InChI is InChI=1S/C29H31N3O5S2/c1-4-32(39(34,35)26-12-10-25(37-3)11-13-26)23-7-14-27-21(19-23)20-28(38-27)29(33)31-17-15-30(16-18-31)22-5-8-24(36-2)9-6-22/h5-14,19-20H,4,15-18H2,1-3H3. The van der Waals surface area contributed by atoms with E-state index >= 15 is 0 Å². The molecule has 0 bridgehead atoms. The number of hydrogen-bond donors (Lipinski definition) is 0. The summed E-state index contributed by atoms with van der Waals surface area (Å²) in [7, 11) is -0.570. The van der Waals surface area contributed by atoms with Gasteiger partial charge in [-0.2, -0.15) is 0 Å². The fourth-order valence-electron chi connectivity index (χ4n) is 4.77. The summed E-state index contributed by atoms with van der Waals surface area (Å²) < 4.78 is 39.5. The quantitative estimate of drug-likeness (QED) is 0.296. The van der Waals surface area contributed by atoms with Crippen LogP contribution in [0.1, 0.15) is 16.6 Å². The summed E-state index contributed by atoms with van der Waals surface area (Å²) >= 11 is 1.44. The van der Waals surface area contributed by atoms with Crippen LogP contribution in [0.2, 0.25) is 0 Å². The molecule has 0 N–H and O–H groups in total. The zero-order valence-electron chi connectivity index (χ0n) is 22.2. The number of thiophene rings is 1. The molecule has 10 heteroatoms. The van der Waals surface area contributed by atoms with Crippen molar-refractivity contribution in [2.75, 3.05) is 56.1 Å². The van der Waals surface area contributed by atoms with E-state index in [4.69, 9.17) is 9.47 Å². The number of benzene rings is 3. The van der Waals surface area contributed by atoms with Crippen LogP contribution in [0.25, 0.3) is 10.1 Å². The number of anilines is 2. The lowest BCUT2D eigenvalue weighted by Crippen LogP contribution is -2.48. The number of carbonyl (C=O) groups excluding carboxylic acids is 1. The molecule has 1 amide bonds. The average molecular weight is 566 g/mol. The molecule has 1 aliphatic heterocycles. The fraction of sp³-hybridized carbons (Fsp3) is 0.276. The highest BCUT2D eigenvalue weighted by Gasteiger charge is 2.26. The molecule has 2 heterocycles. The van der Waals surface area contributed by atoms with Gasteiger partial charge in [0.2, 0.25) is 0 Å². The molecule has 39 heavy (non-hydrogen) atoms. The van der Waals surface area contributed by atoms with E-state index in [0.717, 1.165) is 34.6 Å². The lowest BCUT2D eigenvalue weighted by atomic mass is 10.2. The molecule has 0 saturated carbocycles. The summed E-state index contributed by atoms with van der Waals surface area (Å²) in [6.45, 7) is 4.85. The van der Waals surface area contributed by atoms with Crippen molar-refractivity contribution >= 4 is 48.7 Å². The first kappa shape index (κ1) is 26.8. The molecule has 8 nitrogen and oxygen atoms in total. The maximum atomic E-state index is 13.4. The van der Waals surface area contributed by atoms with Gasteiger partial charge in [-0.25, -0.2) is 8.42 Å². The van der Waals surface area contributed by atoms with Gasteiger partial charge in [0.25, 0.3) is 15.9 Å². The molecule has 1 saturated heterocycles. The van der Waals surface area contributed by atoms with Gasteiger partial charge in [0, 0.05) is 43.1 Å². The van der Waals surface area contributed by atoms with Crippen LogP contribution in [0.15, 0.2) is 77.7 Å². The molecule has 204 valence electrons. The SMILES string of the molecule is CCN(c1ccc2sc(C(=O)N3CCN(c4ccc(OC)cc4)CC3)cc2c1)S(=O)(=O)c1ccc(OC)cc1. The van der Waals surface area contributed by atoms with Gasteiger partial charge in [0.1, 0.15) is 11.5 Å². The number of nitrogens with zero attached hydrogens (tertiary/aromatic N) is 3. The highest BCUT2D eigenvalue weighted by Crippen LogP contribution is 2.33. The number of methoxy groups -OCH3 is 2. The largest absolute Gasteiger partial charge is 0.497 e. The Kier molecular flexibility index (Phi) is 7.67. The van der Waals surface area contributed by atoms with Gasteiger partial charge in [-0.15, -0.1) is 11.3 Å². The maximum absolute atomic E-state index is 13.4. The minimum atomic E-state index is -3.76. The first-order valence-electron chi connectivity index (χ1n) is 12.7. The predicted molar refractivity (Wildman–Crippen MR) is 156 cm³/mol. The van der Waals surface area contributed by atoms with Gasteiger partial charge in [-0.1, -0.05) is 0 Å². The second-order valence-electron chi connectivity index (χ2n) is 9.16. The zero-order valence-corrected chi connectivity index (χ0v) is 23.8. The van der Waals surface area contributed by atoms with Crippen molar-refractivity contribution in [1.82, 2.24) is 4.90 Å². The Hall–Kier alpha value is -3.76. The van der Waals surface area contributed by atoms with Crippen molar-refractivity contribution < 1.29 is 22.7 Å². The lowest BCUT2D eigenvalue weighted by molar-refractivity contribution is 0.0751. The second kappa shape index (κ2) is 11.2. The van der Waals surface area contributed by atoms with Crippen LogP contribution in [0.3, 0.4) is 0 Å². The van der Waals surface area contributed by atoms with Crippen LogP contribution < -0.4 is 18.7 Å². The molecule has 1 aliphatic rings. The number of fused-ring (bicyclic) bond motifs is 1. The Labute approximate surface area is 233 Å². The van der Waals surface area contributed by atoms with Crippen molar-refractivity contribution in [2.45, 2.75) is 11.8 Å². The monoisotopic (exact) mass is 565 g/mol. The molecule has 5 rings (SSSR count). The summed E-state index contributed by atoms with van der Waals surface area (Å²) in [5, 5.41) is 0.848. The Morgan fingerprint density at radius 1 is 0.872 bits per heavy atom. The van der Waals surface area contributed by atoms with Gasteiger partial charge >= 0.3 is 0 Å². The number of sulfonamides is 1. The molecule has 0 atom stereocenters. The summed E-state index contributed by atoms with van der Waals surface area (Å²) in [6.07, 6.45) is 0.